The summed E-state index contributed by atoms with van der Waals surface area (Å²) in [5.74, 6) is -0.203. The van der Waals surface area contributed by atoms with Gasteiger partial charge in [0, 0.05) is 23.7 Å². The third-order valence-electron chi connectivity index (χ3n) is 3.40. The molecule has 2 aromatic rings. The SMILES string of the molecule is CCNC(C)c1cc(F)ccc1N(C)Cc1ccc(Cl)s1. The van der Waals surface area contributed by atoms with E-state index < -0.39 is 0 Å². The molecule has 2 nitrogen and oxygen atoms in total. The lowest BCUT2D eigenvalue weighted by molar-refractivity contribution is 0.582. The van der Waals surface area contributed by atoms with E-state index in [4.69, 9.17) is 11.6 Å². The fourth-order valence-corrected chi connectivity index (χ4v) is 3.53. The van der Waals surface area contributed by atoms with E-state index in [-0.39, 0.29) is 11.9 Å². The van der Waals surface area contributed by atoms with Crippen molar-refractivity contribution < 1.29 is 4.39 Å². The third kappa shape index (κ3) is 4.19. The summed E-state index contributed by atoms with van der Waals surface area (Å²) < 4.78 is 14.4. The Morgan fingerprint density at radius 3 is 2.71 bits per heavy atom. The summed E-state index contributed by atoms with van der Waals surface area (Å²) >= 11 is 7.55. The minimum absolute atomic E-state index is 0.107. The first-order valence-electron chi connectivity index (χ1n) is 6.99. The molecule has 114 valence electrons. The number of thiophene rings is 1. The van der Waals surface area contributed by atoms with Gasteiger partial charge in [0.1, 0.15) is 5.82 Å². The number of hydrogen-bond acceptors (Lipinski definition) is 3. The van der Waals surface area contributed by atoms with Crippen LogP contribution in [-0.2, 0) is 6.54 Å². The molecule has 1 N–H and O–H groups in total. The molecule has 1 unspecified atom stereocenters. The molecule has 1 aromatic carbocycles. The molecule has 0 amide bonds. The van der Waals surface area contributed by atoms with E-state index in [2.05, 4.69) is 17.1 Å². The number of anilines is 1. The molecule has 1 heterocycles. The molecule has 0 saturated heterocycles. The van der Waals surface area contributed by atoms with E-state index >= 15 is 0 Å². The Hall–Kier alpha value is -1.10. The van der Waals surface area contributed by atoms with Gasteiger partial charge in [0.2, 0.25) is 0 Å². The van der Waals surface area contributed by atoms with Crippen molar-refractivity contribution in [3.05, 3.63) is 50.9 Å². The van der Waals surface area contributed by atoms with E-state index in [1.54, 1.807) is 17.4 Å². The van der Waals surface area contributed by atoms with Gasteiger partial charge in [-0.2, -0.15) is 0 Å². The van der Waals surface area contributed by atoms with Crippen LogP contribution in [-0.4, -0.2) is 13.6 Å². The van der Waals surface area contributed by atoms with E-state index in [0.717, 1.165) is 28.7 Å². The van der Waals surface area contributed by atoms with Gasteiger partial charge in [-0.1, -0.05) is 18.5 Å². The summed E-state index contributed by atoms with van der Waals surface area (Å²) in [6.07, 6.45) is 0. The normalized spacial score (nSPS) is 12.4. The maximum Gasteiger partial charge on any atom is 0.123 e. The van der Waals surface area contributed by atoms with Crippen LogP contribution in [0.5, 0.6) is 0 Å². The zero-order valence-corrected chi connectivity index (χ0v) is 14.1. The molecule has 0 saturated carbocycles. The van der Waals surface area contributed by atoms with Crippen molar-refractivity contribution >= 4 is 28.6 Å². The lowest BCUT2D eigenvalue weighted by Gasteiger charge is -2.25. The Labute approximate surface area is 134 Å². The van der Waals surface area contributed by atoms with Crippen LogP contribution in [0.3, 0.4) is 0 Å². The Morgan fingerprint density at radius 2 is 2.10 bits per heavy atom. The molecule has 0 aliphatic heterocycles. The number of rotatable bonds is 6. The summed E-state index contributed by atoms with van der Waals surface area (Å²) in [7, 11) is 2.02. The highest BCUT2D eigenvalue weighted by Gasteiger charge is 2.14. The molecular formula is C16H20ClFN2S. The number of nitrogens with one attached hydrogen (secondary N) is 1. The quantitative estimate of drug-likeness (QED) is 0.816. The fourth-order valence-electron chi connectivity index (χ4n) is 2.39. The number of halogens is 2. The molecule has 0 aliphatic rings. The van der Waals surface area contributed by atoms with Gasteiger partial charge in [-0.15, -0.1) is 11.3 Å². The van der Waals surface area contributed by atoms with Crippen molar-refractivity contribution in [2.45, 2.75) is 26.4 Å². The number of nitrogens with zero attached hydrogens (tertiary/aromatic N) is 1. The van der Waals surface area contributed by atoms with E-state index in [9.17, 15) is 4.39 Å². The molecule has 0 radical (unpaired) electrons. The van der Waals surface area contributed by atoms with Crippen LogP contribution >= 0.6 is 22.9 Å². The second-order valence-corrected chi connectivity index (χ2v) is 6.84. The molecule has 5 heteroatoms. The highest BCUT2D eigenvalue weighted by Crippen LogP contribution is 2.29. The largest absolute Gasteiger partial charge is 0.369 e. The van der Waals surface area contributed by atoms with Crippen molar-refractivity contribution in [3.8, 4) is 0 Å². The second-order valence-electron chi connectivity index (χ2n) is 5.04. The fraction of sp³-hybridized carbons (Fsp3) is 0.375. The van der Waals surface area contributed by atoms with Crippen molar-refractivity contribution in [2.75, 3.05) is 18.5 Å². The molecule has 2 rings (SSSR count). The van der Waals surface area contributed by atoms with Gasteiger partial charge >= 0.3 is 0 Å². The van der Waals surface area contributed by atoms with Gasteiger partial charge in [0.05, 0.1) is 10.9 Å². The predicted molar refractivity (Wildman–Crippen MR) is 89.9 cm³/mol. The Kier molecular flexibility index (Phi) is 5.62. The van der Waals surface area contributed by atoms with Crippen LogP contribution in [0.2, 0.25) is 4.34 Å². The summed E-state index contributed by atoms with van der Waals surface area (Å²) in [4.78, 5) is 3.32. The Balaban J connectivity index is 2.25. The zero-order chi connectivity index (χ0) is 15.4. The highest BCUT2D eigenvalue weighted by molar-refractivity contribution is 7.16. The second kappa shape index (κ2) is 7.25. The first kappa shape index (κ1) is 16.3. The summed E-state index contributed by atoms with van der Waals surface area (Å²) in [5, 5.41) is 3.34. The van der Waals surface area contributed by atoms with Gasteiger partial charge in [-0.3, -0.25) is 0 Å². The monoisotopic (exact) mass is 326 g/mol. The molecular weight excluding hydrogens is 307 g/mol. The first-order chi connectivity index (χ1) is 10.0. The van der Waals surface area contributed by atoms with Crippen LogP contribution in [0.25, 0.3) is 0 Å². The van der Waals surface area contributed by atoms with Gasteiger partial charge in [0.15, 0.2) is 0 Å². The minimum Gasteiger partial charge on any atom is -0.369 e. The van der Waals surface area contributed by atoms with Crippen LogP contribution in [0, 0.1) is 5.82 Å². The van der Waals surface area contributed by atoms with Crippen molar-refractivity contribution in [1.82, 2.24) is 5.32 Å². The third-order valence-corrected chi connectivity index (χ3v) is 4.62. The molecule has 1 atom stereocenters. The predicted octanol–water partition coefficient (Wildman–Crippen LogP) is 4.85. The lowest BCUT2D eigenvalue weighted by atomic mass is 10.0. The molecule has 21 heavy (non-hydrogen) atoms. The van der Waals surface area contributed by atoms with Crippen LogP contribution in [0.1, 0.15) is 30.3 Å². The number of hydrogen-bond donors (Lipinski definition) is 1. The van der Waals surface area contributed by atoms with Crippen molar-refractivity contribution in [1.29, 1.82) is 0 Å². The zero-order valence-electron chi connectivity index (χ0n) is 12.5. The van der Waals surface area contributed by atoms with Crippen LogP contribution < -0.4 is 10.2 Å². The smallest absolute Gasteiger partial charge is 0.123 e. The minimum atomic E-state index is -0.203. The van der Waals surface area contributed by atoms with Gasteiger partial charge in [-0.05, 0) is 49.4 Å². The van der Waals surface area contributed by atoms with Crippen LogP contribution in [0.4, 0.5) is 10.1 Å². The van der Waals surface area contributed by atoms with E-state index in [0.29, 0.717) is 0 Å². The maximum atomic E-state index is 13.6. The molecule has 0 spiro atoms. The summed E-state index contributed by atoms with van der Waals surface area (Å²) in [5.41, 5.74) is 2.01. The molecule has 1 aromatic heterocycles. The molecule has 0 fully saturated rings. The van der Waals surface area contributed by atoms with Crippen LogP contribution in [0.15, 0.2) is 30.3 Å². The number of benzene rings is 1. The topological polar surface area (TPSA) is 15.3 Å². The standard InChI is InChI=1S/C16H20ClFN2S/c1-4-19-11(2)14-9-12(18)5-7-15(14)20(3)10-13-6-8-16(17)21-13/h5-9,11,19H,4,10H2,1-3H3. The lowest BCUT2D eigenvalue weighted by Crippen LogP contribution is -2.23. The van der Waals surface area contributed by atoms with E-state index in [1.165, 1.54) is 10.9 Å². The van der Waals surface area contributed by atoms with Gasteiger partial charge < -0.3 is 10.2 Å². The highest BCUT2D eigenvalue weighted by atomic mass is 35.5. The van der Waals surface area contributed by atoms with E-state index in [1.807, 2.05) is 32.2 Å². The molecule has 0 aliphatic carbocycles. The van der Waals surface area contributed by atoms with Gasteiger partial charge in [0.25, 0.3) is 0 Å². The average molecular weight is 327 g/mol. The summed E-state index contributed by atoms with van der Waals surface area (Å²) in [6, 6.07) is 9.00. The van der Waals surface area contributed by atoms with Gasteiger partial charge in [-0.25, -0.2) is 4.39 Å². The summed E-state index contributed by atoms with van der Waals surface area (Å²) in [6.45, 7) is 5.71. The van der Waals surface area contributed by atoms with Crippen molar-refractivity contribution in [2.24, 2.45) is 0 Å². The van der Waals surface area contributed by atoms with Crippen molar-refractivity contribution in [3.63, 3.8) is 0 Å². The first-order valence-corrected chi connectivity index (χ1v) is 8.19. The molecule has 0 bridgehead atoms. The average Bonchev–Trinajstić information content (AvgIpc) is 2.84. The Morgan fingerprint density at radius 1 is 1.33 bits per heavy atom. The Bertz CT molecular complexity index is 600. The maximum absolute atomic E-state index is 13.6.